The van der Waals surface area contributed by atoms with Gasteiger partial charge in [-0.1, -0.05) is 152 Å². The van der Waals surface area contributed by atoms with Gasteiger partial charge in [0.05, 0.1) is 36.0 Å². The summed E-state index contributed by atoms with van der Waals surface area (Å²) >= 11 is 1.68. The molecule has 0 amide bonds. The van der Waals surface area contributed by atoms with E-state index in [1.165, 1.54) is 12.1 Å². The Bertz CT molecular complexity index is 4210. The van der Waals surface area contributed by atoms with E-state index in [0.717, 1.165) is 69.9 Å². The topological polar surface area (TPSA) is 48.5 Å². The molecule has 9 aromatic carbocycles. The fraction of sp³-hybridized carbons (Fsp3) is 0. The van der Waals surface area contributed by atoms with Crippen LogP contribution in [0, 0.1) is 0 Å². The maximum Gasteiger partial charge on any atom is 0.166 e. The van der Waals surface area contributed by atoms with Crippen LogP contribution in [0.2, 0.25) is 0 Å². The predicted molar refractivity (Wildman–Crippen MR) is 263 cm³/mol. The smallest absolute Gasteiger partial charge is 0.166 e. The lowest BCUT2D eigenvalue weighted by atomic mass is 9.97. The van der Waals surface area contributed by atoms with Crippen molar-refractivity contribution in [2.75, 3.05) is 0 Å². The minimum Gasteiger partial charge on any atom is -0.309 e. The molecule has 5 nitrogen and oxygen atoms in total. The fourth-order valence-electron chi connectivity index (χ4n) is 9.19. The second-order valence-electron chi connectivity index (χ2n) is 15.5. The Hall–Kier alpha value is -8.19. The number of para-hydroxylation sites is 5. The highest BCUT2D eigenvalue weighted by Crippen LogP contribution is 2.46. The van der Waals surface area contributed by atoms with E-state index in [9.17, 15) is 5.48 Å². The van der Waals surface area contributed by atoms with Crippen LogP contribution >= 0.6 is 11.3 Å². The zero-order chi connectivity index (χ0) is 46.7. The molecule has 0 saturated heterocycles. The van der Waals surface area contributed by atoms with E-state index < -0.39 is 0 Å². The Kier molecular flexibility index (Phi) is 6.75. The van der Waals surface area contributed by atoms with Gasteiger partial charge in [-0.15, -0.1) is 11.3 Å². The molecule has 4 heterocycles. The van der Waals surface area contributed by atoms with Crippen molar-refractivity contribution in [1.82, 2.24) is 24.1 Å². The third-order valence-corrected chi connectivity index (χ3v) is 13.2. The first-order chi connectivity index (χ1) is 33.7. The monoisotopic (exact) mass is 827 g/mol. The van der Waals surface area contributed by atoms with Gasteiger partial charge in [-0.3, -0.25) is 0 Å². The number of hydrogen-bond acceptors (Lipinski definition) is 4. The molecule has 0 aliphatic carbocycles. The van der Waals surface area contributed by atoms with E-state index >= 15 is 0 Å². The van der Waals surface area contributed by atoms with Crippen LogP contribution in [-0.2, 0) is 0 Å². The van der Waals surface area contributed by atoms with Crippen molar-refractivity contribution in [3.05, 3.63) is 212 Å². The van der Waals surface area contributed by atoms with Crippen molar-refractivity contribution in [2.24, 2.45) is 0 Å². The molecule has 0 spiro atoms. The van der Waals surface area contributed by atoms with E-state index in [4.69, 9.17) is 17.7 Å². The lowest BCUT2D eigenvalue weighted by Gasteiger charge is -2.19. The fourth-order valence-corrected chi connectivity index (χ4v) is 10.4. The summed E-state index contributed by atoms with van der Waals surface area (Å²) in [4.78, 5) is 15.8. The molecule has 13 rings (SSSR count). The van der Waals surface area contributed by atoms with E-state index in [2.05, 4.69) is 77.4 Å². The summed E-state index contributed by atoms with van der Waals surface area (Å²) in [5, 5.41) is 4.65. The number of aromatic nitrogens is 5. The van der Waals surface area contributed by atoms with E-state index in [0.29, 0.717) is 28.7 Å². The third-order valence-electron chi connectivity index (χ3n) is 11.9. The number of hydrogen-bond donors (Lipinski definition) is 0. The highest BCUT2D eigenvalue weighted by atomic mass is 32.1. The Balaban J connectivity index is 1.16. The number of nitrogens with zero attached hydrogens (tertiary/aromatic N) is 5. The second kappa shape index (κ2) is 14.2. The van der Waals surface area contributed by atoms with Gasteiger partial charge in [0.1, 0.15) is 0 Å². The molecule has 0 N–H and O–H groups in total. The molecule has 0 aliphatic heterocycles. The van der Waals surface area contributed by atoms with Crippen molar-refractivity contribution in [1.29, 1.82) is 0 Å². The largest absolute Gasteiger partial charge is 0.309 e. The number of fused-ring (bicyclic) bond motifs is 9. The number of thiophene rings is 1. The van der Waals surface area contributed by atoms with Gasteiger partial charge in [0.15, 0.2) is 17.5 Å². The molecular weight excluding hydrogens is 787 g/mol. The maximum atomic E-state index is 9.51. The van der Waals surface area contributed by atoms with Crippen molar-refractivity contribution in [3.8, 4) is 56.7 Å². The maximum absolute atomic E-state index is 9.51. The van der Waals surface area contributed by atoms with Gasteiger partial charge in [0, 0.05) is 75.2 Å². The van der Waals surface area contributed by atoms with Crippen LogP contribution in [0.4, 0.5) is 0 Å². The SMILES string of the molecule is [2H]c1cc([2H])c2c(c1[2H])c1c([2H])c([2H])cc([2H])c1n2-c1c(-c2nc(-c3ccccc3)nc(-c3ccc4c(c3)c3ccccc3n4-c3ccccc3)n2)cccc1-c1cccc2c1sc1ccccc12. The van der Waals surface area contributed by atoms with Crippen LogP contribution in [0.25, 0.3) is 120 Å². The first-order valence-corrected chi connectivity index (χ1v) is 21.5. The molecular formula is C57H35N5S. The summed E-state index contributed by atoms with van der Waals surface area (Å²) in [6.45, 7) is 0. The highest BCUT2D eigenvalue weighted by Gasteiger charge is 2.24. The minimum atomic E-state index is -0.188. The molecule has 294 valence electrons. The van der Waals surface area contributed by atoms with Crippen LogP contribution in [0.15, 0.2) is 212 Å². The molecule has 0 bridgehead atoms. The first-order valence-electron chi connectivity index (χ1n) is 23.7. The molecule has 0 saturated carbocycles. The van der Waals surface area contributed by atoms with Gasteiger partial charge in [-0.05, 0) is 60.6 Å². The average molecular weight is 828 g/mol. The lowest BCUT2D eigenvalue weighted by molar-refractivity contribution is 1.07. The molecule has 0 radical (unpaired) electrons. The van der Waals surface area contributed by atoms with Gasteiger partial charge in [0.2, 0.25) is 0 Å². The highest BCUT2D eigenvalue weighted by molar-refractivity contribution is 7.26. The molecule has 0 aliphatic rings. The summed E-state index contributed by atoms with van der Waals surface area (Å²) in [5.74, 6) is 1.20. The normalized spacial score (nSPS) is 13.1. The summed E-state index contributed by atoms with van der Waals surface area (Å²) in [7, 11) is 0. The van der Waals surface area contributed by atoms with E-state index in [1.807, 2.05) is 91.0 Å². The van der Waals surface area contributed by atoms with Gasteiger partial charge in [-0.25, -0.2) is 15.0 Å². The van der Waals surface area contributed by atoms with Crippen molar-refractivity contribution >= 4 is 75.1 Å². The average Bonchev–Trinajstić information content (AvgIpc) is 4.06. The van der Waals surface area contributed by atoms with Crippen LogP contribution in [0.3, 0.4) is 0 Å². The first kappa shape index (κ1) is 29.9. The molecule has 0 atom stereocenters. The zero-order valence-electron chi connectivity index (χ0n) is 39.4. The predicted octanol–water partition coefficient (Wildman–Crippen LogP) is 15.1. The summed E-state index contributed by atoms with van der Waals surface area (Å²) in [6, 6.07) is 57.0. The second-order valence-corrected chi connectivity index (χ2v) is 16.5. The quantitative estimate of drug-likeness (QED) is 0.168. The molecule has 63 heavy (non-hydrogen) atoms. The van der Waals surface area contributed by atoms with Crippen LogP contribution in [0.1, 0.15) is 8.22 Å². The van der Waals surface area contributed by atoms with Crippen LogP contribution < -0.4 is 0 Å². The van der Waals surface area contributed by atoms with Gasteiger partial charge in [0.25, 0.3) is 0 Å². The number of benzene rings is 9. The Labute approximate surface area is 374 Å². The Morgan fingerprint density at radius 1 is 0.381 bits per heavy atom. The lowest BCUT2D eigenvalue weighted by Crippen LogP contribution is -2.05. The summed E-state index contributed by atoms with van der Waals surface area (Å²) in [6.07, 6.45) is 0. The summed E-state index contributed by atoms with van der Waals surface area (Å²) in [5.41, 5.74) is 7.90. The van der Waals surface area contributed by atoms with E-state index in [-0.39, 0.29) is 58.1 Å². The van der Waals surface area contributed by atoms with Gasteiger partial charge >= 0.3 is 0 Å². The van der Waals surface area contributed by atoms with Crippen LogP contribution in [0.5, 0.6) is 0 Å². The van der Waals surface area contributed by atoms with E-state index in [1.54, 1.807) is 15.9 Å². The van der Waals surface area contributed by atoms with Crippen molar-refractivity contribution in [3.63, 3.8) is 0 Å². The van der Waals surface area contributed by atoms with Gasteiger partial charge in [-0.2, -0.15) is 0 Å². The molecule has 0 fully saturated rings. The third kappa shape index (κ3) is 5.59. The Morgan fingerprint density at radius 2 is 0.984 bits per heavy atom. The molecule has 0 unspecified atom stereocenters. The minimum absolute atomic E-state index is 0.0577. The van der Waals surface area contributed by atoms with Crippen molar-refractivity contribution < 1.29 is 8.22 Å². The van der Waals surface area contributed by atoms with Crippen LogP contribution in [-0.4, -0.2) is 24.1 Å². The molecule has 13 aromatic rings. The molecule has 4 aromatic heterocycles. The molecule has 6 heteroatoms. The summed E-state index contributed by atoms with van der Waals surface area (Å²) < 4.78 is 61.3. The zero-order valence-corrected chi connectivity index (χ0v) is 34.2. The Morgan fingerprint density at radius 3 is 1.78 bits per heavy atom. The standard InChI is InChI=1S/C57H35N5S/c1-3-17-36(18-4-1)55-58-56(37-33-34-51-47(35-37)41-23-9-11-29-48(41)61(51)38-19-5-2-6-20-38)60-57(59-55)46-28-15-25-43(45-27-16-26-44-42-24-10-14-32-52(42)63-54(44)45)53(46)62-49-30-12-7-21-39(49)40-22-8-13-31-50(40)62/h1-35H/i7D,8D,21D,22D,30D,31D. The number of rotatable bonds is 6. The van der Waals surface area contributed by atoms with Crippen molar-refractivity contribution in [2.45, 2.75) is 0 Å². The van der Waals surface area contributed by atoms with Gasteiger partial charge < -0.3 is 9.13 Å².